The van der Waals surface area contributed by atoms with Crippen molar-refractivity contribution in [2.24, 2.45) is 5.41 Å². The van der Waals surface area contributed by atoms with Crippen molar-refractivity contribution in [1.82, 2.24) is 0 Å². The summed E-state index contributed by atoms with van der Waals surface area (Å²) in [5.41, 5.74) is -1.82. The zero-order valence-electron chi connectivity index (χ0n) is 7.45. The molecule has 1 rings (SSSR count). The van der Waals surface area contributed by atoms with E-state index >= 15 is 0 Å². The molecule has 3 N–H and O–H groups in total. The minimum absolute atomic E-state index is 0.162. The molecule has 1 aliphatic rings. The number of rotatable bonds is 2. The molecule has 5 heteroatoms. The summed E-state index contributed by atoms with van der Waals surface area (Å²) in [5, 5.41) is 27.8. The molecule has 1 saturated heterocycles. The Morgan fingerprint density at radius 2 is 2.17 bits per heavy atom. The number of ether oxygens (including phenoxy) is 1. The molecule has 0 spiro atoms. The van der Waals surface area contributed by atoms with Crippen molar-refractivity contribution in [3.8, 4) is 0 Å². The van der Waals surface area contributed by atoms with Gasteiger partial charge in [-0.25, -0.2) is 0 Å². The average Bonchev–Trinajstić information content (AvgIpc) is 2.25. The van der Waals surface area contributed by atoms with Crippen LogP contribution >= 0.6 is 0 Å². The first-order valence-electron chi connectivity index (χ1n) is 4.03. The molecule has 1 unspecified atom stereocenters. The van der Waals surface area contributed by atoms with Crippen molar-refractivity contribution in [3.63, 3.8) is 0 Å². The van der Waals surface area contributed by atoms with E-state index in [-0.39, 0.29) is 19.8 Å². The highest BCUT2D eigenvalue weighted by Gasteiger charge is 2.54. The number of hydrogen-bond acceptors (Lipinski definition) is 4. The Morgan fingerprint density at radius 3 is 2.50 bits per heavy atom. The van der Waals surface area contributed by atoms with Crippen LogP contribution in [0.4, 0.5) is 0 Å². The van der Waals surface area contributed by atoms with Crippen molar-refractivity contribution in [2.45, 2.75) is 18.5 Å². The van der Waals surface area contributed by atoms with Gasteiger partial charge in [-0.2, -0.15) is 0 Å². The lowest BCUT2D eigenvalue weighted by atomic mass is 9.62. The van der Waals surface area contributed by atoms with Crippen molar-refractivity contribution in [2.75, 3.05) is 19.8 Å². The van der Waals surface area contributed by atoms with Gasteiger partial charge in [0.15, 0.2) is 0 Å². The maximum Gasteiger partial charge on any atom is 0.146 e. The summed E-state index contributed by atoms with van der Waals surface area (Å²) in [5.74, 6) is 0. The first-order chi connectivity index (χ1) is 5.48. The van der Waals surface area contributed by atoms with Gasteiger partial charge in [-0.05, 0) is 0 Å². The molecule has 12 heavy (non-hydrogen) atoms. The van der Waals surface area contributed by atoms with Gasteiger partial charge >= 0.3 is 0 Å². The Morgan fingerprint density at radius 1 is 1.58 bits per heavy atom. The van der Waals surface area contributed by atoms with Gasteiger partial charge in [-0.3, -0.25) is 0 Å². The van der Waals surface area contributed by atoms with Crippen LogP contribution in [-0.2, 0) is 4.74 Å². The molecule has 1 fully saturated rings. The third-order valence-corrected chi connectivity index (χ3v) is 3.00. The van der Waals surface area contributed by atoms with E-state index in [9.17, 15) is 5.11 Å². The van der Waals surface area contributed by atoms with Crippen LogP contribution in [0.2, 0.25) is 0 Å². The van der Waals surface area contributed by atoms with Crippen molar-refractivity contribution in [3.05, 3.63) is 0 Å². The van der Waals surface area contributed by atoms with Gasteiger partial charge in [-0.15, -0.1) is 0 Å². The molecule has 0 aromatic carbocycles. The Hall–Kier alpha value is -0.0951. The van der Waals surface area contributed by atoms with Gasteiger partial charge in [-0.1, -0.05) is 6.92 Å². The van der Waals surface area contributed by atoms with Crippen LogP contribution in [0, 0.1) is 5.41 Å². The topological polar surface area (TPSA) is 69.9 Å². The molecule has 0 radical (unpaired) electrons. The van der Waals surface area contributed by atoms with Crippen LogP contribution in [0.5, 0.6) is 0 Å². The van der Waals surface area contributed by atoms with Crippen LogP contribution in [-0.4, -0.2) is 54.6 Å². The lowest BCUT2D eigenvalue weighted by molar-refractivity contribution is -0.0416. The second kappa shape index (κ2) is 2.99. The summed E-state index contributed by atoms with van der Waals surface area (Å²) in [7, 11) is 1.61. The summed E-state index contributed by atoms with van der Waals surface area (Å²) in [6.45, 7) is 1.51. The van der Waals surface area contributed by atoms with E-state index in [0.29, 0.717) is 0 Å². The fourth-order valence-electron chi connectivity index (χ4n) is 1.48. The van der Waals surface area contributed by atoms with E-state index in [1.807, 2.05) is 0 Å². The van der Waals surface area contributed by atoms with Gasteiger partial charge in [0.25, 0.3) is 0 Å². The molecule has 0 amide bonds. The molecule has 0 aliphatic carbocycles. The van der Waals surface area contributed by atoms with E-state index in [0.717, 1.165) is 0 Å². The third-order valence-electron chi connectivity index (χ3n) is 3.00. The highest BCUT2D eigenvalue weighted by molar-refractivity contribution is 6.15. The summed E-state index contributed by atoms with van der Waals surface area (Å²) in [4.78, 5) is 0. The SMILES string of the molecule is B[C@@]1(O)COC(CO)[C@]1(C)CO. The van der Waals surface area contributed by atoms with E-state index in [1.165, 1.54) is 0 Å². The van der Waals surface area contributed by atoms with E-state index < -0.39 is 17.0 Å². The predicted octanol–water partition coefficient (Wildman–Crippen LogP) is -2.30. The highest BCUT2D eigenvalue weighted by atomic mass is 16.5. The van der Waals surface area contributed by atoms with Crippen LogP contribution in [0.15, 0.2) is 0 Å². The van der Waals surface area contributed by atoms with Gasteiger partial charge in [0.2, 0.25) is 0 Å². The van der Waals surface area contributed by atoms with Gasteiger partial charge in [0.1, 0.15) is 7.85 Å². The van der Waals surface area contributed by atoms with Gasteiger partial charge in [0, 0.05) is 5.41 Å². The quantitative estimate of drug-likeness (QED) is 0.411. The molecular weight excluding hydrogens is 159 g/mol. The zero-order valence-corrected chi connectivity index (χ0v) is 7.45. The molecule has 0 saturated carbocycles. The van der Waals surface area contributed by atoms with E-state index in [4.69, 9.17) is 14.9 Å². The Balaban J connectivity index is 2.87. The lowest BCUT2D eigenvalue weighted by Gasteiger charge is -2.36. The Kier molecular flexibility index (Phi) is 2.49. The molecule has 3 atom stereocenters. The lowest BCUT2D eigenvalue weighted by Crippen LogP contribution is -2.52. The van der Waals surface area contributed by atoms with Crippen molar-refractivity contribution < 1.29 is 20.1 Å². The summed E-state index contributed by atoms with van der Waals surface area (Å²) in [6.07, 6.45) is -0.475. The number of hydrogen-bond donors (Lipinski definition) is 3. The molecule has 0 aromatic rings. The van der Waals surface area contributed by atoms with Crippen LogP contribution in [0.3, 0.4) is 0 Å². The normalized spacial score (nSPS) is 48.2. The largest absolute Gasteiger partial charge is 0.396 e. The Bertz CT molecular complexity index is 173. The monoisotopic (exact) mass is 174 g/mol. The fraction of sp³-hybridized carbons (Fsp3) is 1.00. The average molecular weight is 174 g/mol. The maximum absolute atomic E-state index is 9.82. The van der Waals surface area contributed by atoms with Gasteiger partial charge in [0.05, 0.1) is 31.4 Å². The molecule has 1 heterocycles. The third kappa shape index (κ3) is 1.17. The standard InChI is InChI=1S/C7H15BO4/c1-6(3-10)5(2-9)12-4-7(6,8)11/h5,9-11H,2-4,8H2,1H3/t5?,6-,7+/m0/s1. The second-order valence-corrected chi connectivity index (χ2v) is 3.83. The first kappa shape index (κ1) is 9.99. The molecule has 1 aliphatic heterocycles. The van der Waals surface area contributed by atoms with Crippen LogP contribution < -0.4 is 0 Å². The Labute approximate surface area is 72.6 Å². The summed E-state index contributed by atoms with van der Waals surface area (Å²) < 4.78 is 5.16. The second-order valence-electron chi connectivity index (χ2n) is 3.83. The zero-order chi connectivity index (χ0) is 9.41. The highest BCUT2D eigenvalue weighted by Crippen LogP contribution is 2.40. The fourth-order valence-corrected chi connectivity index (χ4v) is 1.48. The van der Waals surface area contributed by atoms with Crippen molar-refractivity contribution in [1.29, 1.82) is 0 Å². The minimum Gasteiger partial charge on any atom is -0.396 e. The molecular formula is C7H15BO4. The maximum atomic E-state index is 9.82. The van der Waals surface area contributed by atoms with Crippen LogP contribution in [0.1, 0.15) is 6.92 Å². The van der Waals surface area contributed by atoms with Gasteiger partial charge < -0.3 is 20.1 Å². The number of aliphatic hydroxyl groups is 3. The number of aliphatic hydroxyl groups excluding tert-OH is 2. The smallest absolute Gasteiger partial charge is 0.146 e. The van der Waals surface area contributed by atoms with Crippen LogP contribution in [0.25, 0.3) is 0 Å². The summed E-state index contributed by atoms with van der Waals surface area (Å²) >= 11 is 0. The van der Waals surface area contributed by atoms with E-state index in [2.05, 4.69) is 0 Å². The minimum atomic E-state index is -1.06. The van der Waals surface area contributed by atoms with E-state index in [1.54, 1.807) is 14.8 Å². The molecule has 0 aromatic heterocycles. The predicted molar refractivity (Wildman–Crippen MR) is 45.5 cm³/mol. The first-order valence-corrected chi connectivity index (χ1v) is 4.03. The molecule has 4 nitrogen and oxygen atoms in total. The molecule has 70 valence electrons. The molecule has 0 bridgehead atoms. The summed E-state index contributed by atoms with van der Waals surface area (Å²) in [6, 6.07) is 0. The van der Waals surface area contributed by atoms with Crippen molar-refractivity contribution >= 4 is 7.85 Å².